The molecule has 0 fully saturated rings. The van der Waals surface area contributed by atoms with Crippen LogP contribution in [0.1, 0.15) is 32.8 Å². The summed E-state index contributed by atoms with van der Waals surface area (Å²) < 4.78 is 1.29. The molecule has 0 atom stereocenters. The van der Waals surface area contributed by atoms with Crippen molar-refractivity contribution in [2.45, 2.75) is 39.3 Å². The van der Waals surface area contributed by atoms with E-state index in [1.165, 1.54) is 9.13 Å². The molecule has 0 aromatic heterocycles. The van der Waals surface area contributed by atoms with Crippen LogP contribution < -0.4 is 5.32 Å². The Labute approximate surface area is 100 Å². The van der Waals surface area contributed by atoms with E-state index in [9.17, 15) is 0 Å². The van der Waals surface area contributed by atoms with Gasteiger partial charge in [0.2, 0.25) is 0 Å². The van der Waals surface area contributed by atoms with Crippen molar-refractivity contribution in [1.82, 2.24) is 5.32 Å². The average Bonchev–Trinajstić information content (AvgIpc) is 2.17. The molecule has 14 heavy (non-hydrogen) atoms. The quantitative estimate of drug-likeness (QED) is 0.839. The molecule has 1 aromatic carbocycles. The fraction of sp³-hybridized carbons (Fsp3) is 0.500. The lowest BCUT2D eigenvalue weighted by Gasteiger charge is -2.24. The van der Waals surface area contributed by atoms with Crippen LogP contribution in [0, 0.1) is 3.57 Å². The molecule has 1 rings (SSSR count). The minimum absolute atomic E-state index is 0.239. The highest BCUT2D eigenvalue weighted by Crippen LogP contribution is 2.10. The van der Waals surface area contributed by atoms with E-state index in [1.807, 2.05) is 0 Å². The van der Waals surface area contributed by atoms with Gasteiger partial charge in [-0.1, -0.05) is 19.1 Å². The molecular formula is C12H18IN. The fourth-order valence-electron chi connectivity index (χ4n) is 1.07. The monoisotopic (exact) mass is 303 g/mol. The van der Waals surface area contributed by atoms with Gasteiger partial charge in [-0.25, -0.2) is 0 Å². The van der Waals surface area contributed by atoms with Crippen molar-refractivity contribution in [3.8, 4) is 0 Å². The van der Waals surface area contributed by atoms with E-state index >= 15 is 0 Å². The predicted molar refractivity (Wildman–Crippen MR) is 70.4 cm³/mol. The molecule has 0 heterocycles. The second kappa shape index (κ2) is 5.12. The first kappa shape index (κ1) is 12.0. The van der Waals surface area contributed by atoms with Gasteiger partial charge in [-0.2, -0.15) is 0 Å². The molecule has 0 aliphatic heterocycles. The highest BCUT2D eigenvalue weighted by Gasteiger charge is 2.12. The van der Waals surface area contributed by atoms with Gasteiger partial charge in [0.15, 0.2) is 0 Å². The lowest BCUT2D eigenvalue weighted by molar-refractivity contribution is 0.374. The normalized spacial score (nSPS) is 11.7. The van der Waals surface area contributed by atoms with E-state index < -0.39 is 0 Å². The molecule has 0 amide bonds. The Balaban J connectivity index is 2.50. The largest absolute Gasteiger partial charge is 0.308 e. The molecule has 0 unspecified atom stereocenters. The van der Waals surface area contributed by atoms with E-state index in [4.69, 9.17) is 0 Å². The summed E-state index contributed by atoms with van der Waals surface area (Å²) in [5.41, 5.74) is 1.59. The fourth-order valence-corrected chi connectivity index (χ4v) is 1.43. The first-order valence-corrected chi connectivity index (χ1v) is 6.11. The topological polar surface area (TPSA) is 12.0 Å². The Morgan fingerprint density at radius 2 is 1.79 bits per heavy atom. The highest BCUT2D eigenvalue weighted by molar-refractivity contribution is 14.1. The molecule has 0 bridgehead atoms. The number of benzene rings is 1. The first-order valence-electron chi connectivity index (χ1n) is 5.03. The minimum Gasteiger partial charge on any atom is -0.308 e. The third-order valence-electron chi connectivity index (χ3n) is 2.57. The zero-order valence-corrected chi connectivity index (χ0v) is 11.3. The summed E-state index contributed by atoms with van der Waals surface area (Å²) in [5.74, 6) is 0. The van der Waals surface area contributed by atoms with Crippen molar-refractivity contribution < 1.29 is 0 Å². The van der Waals surface area contributed by atoms with Crippen LogP contribution in [-0.4, -0.2) is 5.54 Å². The van der Waals surface area contributed by atoms with Crippen LogP contribution >= 0.6 is 22.6 Å². The lowest BCUT2D eigenvalue weighted by Crippen LogP contribution is -2.37. The van der Waals surface area contributed by atoms with Crippen molar-refractivity contribution >= 4 is 22.6 Å². The number of rotatable bonds is 4. The summed E-state index contributed by atoms with van der Waals surface area (Å²) in [6.07, 6.45) is 1.15. The molecule has 0 saturated heterocycles. The highest BCUT2D eigenvalue weighted by atomic mass is 127. The molecule has 1 nitrogen and oxygen atoms in total. The Hall–Kier alpha value is -0.0900. The van der Waals surface area contributed by atoms with Gasteiger partial charge >= 0.3 is 0 Å². The first-order chi connectivity index (χ1) is 6.53. The van der Waals surface area contributed by atoms with E-state index in [0.29, 0.717) is 0 Å². The summed E-state index contributed by atoms with van der Waals surface area (Å²) in [4.78, 5) is 0. The maximum atomic E-state index is 3.54. The van der Waals surface area contributed by atoms with Crippen LogP contribution in [0.3, 0.4) is 0 Å². The summed E-state index contributed by atoms with van der Waals surface area (Å²) in [6, 6.07) is 8.66. The predicted octanol–water partition coefficient (Wildman–Crippen LogP) is 3.57. The molecule has 1 aromatic rings. The molecule has 78 valence electrons. The third-order valence-corrected chi connectivity index (χ3v) is 3.29. The molecule has 0 spiro atoms. The maximum Gasteiger partial charge on any atom is 0.0210 e. The van der Waals surface area contributed by atoms with Gasteiger partial charge in [0.25, 0.3) is 0 Å². The van der Waals surface area contributed by atoms with E-state index in [0.717, 1.165) is 13.0 Å². The molecule has 2 heteroatoms. The summed E-state index contributed by atoms with van der Waals surface area (Å²) in [6.45, 7) is 7.64. The van der Waals surface area contributed by atoms with Gasteiger partial charge in [-0.05, 0) is 60.6 Å². The zero-order chi connectivity index (χ0) is 10.6. The van der Waals surface area contributed by atoms with Crippen molar-refractivity contribution in [3.05, 3.63) is 33.4 Å². The van der Waals surface area contributed by atoms with E-state index in [-0.39, 0.29) is 5.54 Å². The van der Waals surface area contributed by atoms with Gasteiger partial charge in [0.1, 0.15) is 0 Å². The van der Waals surface area contributed by atoms with Crippen molar-refractivity contribution in [2.24, 2.45) is 0 Å². The number of nitrogens with one attached hydrogen (secondary N) is 1. The zero-order valence-electron chi connectivity index (χ0n) is 9.10. The SMILES string of the molecule is CCC(C)(C)NCc1ccc(I)cc1. The third kappa shape index (κ3) is 3.96. The lowest BCUT2D eigenvalue weighted by atomic mass is 10.0. The summed E-state index contributed by atoms with van der Waals surface area (Å²) >= 11 is 2.33. The minimum atomic E-state index is 0.239. The molecule has 0 radical (unpaired) electrons. The number of hydrogen-bond donors (Lipinski definition) is 1. The molecule has 0 aliphatic carbocycles. The molecule has 0 saturated carbocycles. The van der Waals surface area contributed by atoms with Crippen molar-refractivity contribution in [3.63, 3.8) is 0 Å². The van der Waals surface area contributed by atoms with Gasteiger partial charge < -0.3 is 5.32 Å². The van der Waals surface area contributed by atoms with Crippen LogP contribution in [0.15, 0.2) is 24.3 Å². The molecule has 0 aliphatic rings. The second-order valence-electron chi connectivity index (χ2n) is 4.22. The van der Waals surface area contributed by atoms with Crippen LogP contribution in [-0.2, 0) is 6.54 Å². The van der Waals surface area contributed by atoms with E-state index in [1.54, 1.807) is 0 Å². The Morgan fingerprint density at radius 1 is 1.21 bits per heavy atom. The van der Waals surface area contributed by atoms with Crippen LogP contribution in [0.4, 0.5) is 0 Å². The number of halogens is 1. The molecule has 1 N–H and O–H groups in total. The Kier molecular flexibility index (Phi) is 4.38. The van der Waals surface area contributed by atoms with Gasteiger partial charge in [-0.15, -0.1) is 0 Å². The maximum absolute atomic E-state index is 3.54. The van der Waals surface area contributed by atoms with Gasteiger partial charge in [0, 0.05) is 15.7 Å². The molecular weight excluding hydrogens is 285 g/mol. The van der Waals surface area contributed by atoms with Gasteiger partial charge in [0.05, 0.1) is 0 Å². The Morgan fingerprint density at radius 3 is 2.29 bits per heavy atom. The van der Waals surface area contributed by atoms with Crippen molar-refractivity contribution in [2.75, 3.05) is 0 Å². The Bertz CT molecular complexity index is 277. The van der Waals surface area contributed by atoms with E-state index in [2.05, 4.69) is 72.9 Å². The number of hydrogen-bond acceptors (Lipinski definition) is 1. The summed E-state index contributed by atoms with van der Waals surface area (Å²) in [5, 5.41) is 3.54. The average molecular weight is 303 g/mol. The second-order valence-corrected chi connectivity index (χ2v) is 5.46. The standard InChI is InChI=1S/C12H18IN/c1-4-12(2,3)14-9-10-5-7-11(13)8-6-10/h5-8,14H,4,9H2,1-3H3. The van der Waals surface area contributed by atoms with Crippen LogP contribution in [0.5, 0.6) is 0 Å². The summed E-state index contributed by atoms with van der Waals surface area (Å²) in [7, 11) is 0. The van der Waals surface area contributed by atoms with Crippen molar-refractivity contribution in [1.29, 1.82) is 0 Å². The smallest absolute Gasteiger partial charge is 0.0210 e. The van der Waals surface area contributed by atoms with Gasteiger partial charge in [-0.3, -0.25) is 0 Å². The van der Waals surface area contributed by atoms with Crippen LogP contribution in [0.25, 0.3) is 0 Å². The van der Waals surface area contributed by atoms with Crippen LogP contribution in [0.2, 0.25) is 0 Å².